The lowest BCUT2D eigenvalue weighted by atomic mass is 10.2. The lowest BCUT2D eigenvalue weighted by Crippen LogP contribution is -2.23. The van der Waals surface area contributed by atoms with Crippen LogP contribution in [-0.4, -0.2) is 29.0 Å². The smallest absolute Gasteiger partial charge is 0.267 e. The zero-order chi connectivity index (χ0) is 17.2. The number of H-pyrrole nitrogens is 1. The zero-order valence-corrected chi connectivity index (χ0v) is 15.3. The summed E-state index contributed by atoms with van der Waals surface area (Å²) in [7, 11) is 0. The van der Waals surface area contributed by atoms with Crippen LogP contribution in [-0.2, 0) is 6.54 Å². The predicted molar refractivity (Wildman–Crippen MR) is 103 cm³/mol. The van der Waals surface area contributed by atoms with Crippen LogP contribution in [0, 0.1) is 0 Å². The van der Waals surface area contributed by atoms with Gasteiger partial charge in [-0.1, -0.05) is 22.0 Å². The van der Waals surface area contributed by atoms with Gasteiger partial charge in [0.25, 0.3) is 5.91 Å². The number of carbonyl (C=O) groups excluding carboxylic acids is 1. The SMILES string of the molecule is O=C(NCc1ccc(N2CCCC2)nc1)c1cc2cc(Br)ccc2[nH]1. The molecular formula is C19H19BrN4O. The Kier molecular flexibility index (Phi) is 4.44. The fraction of sp³-hybridized carbons (Fsp3) is 0.263. The normalized spacial score (nSPS) is 14.2. The van der Waals surface area contributed by atoms with Gasteiger partial charge in [0.1, 0.15) is 11.5 Å². The van der Waals surface area contributed by atoms with Crippen LogP contribution in [0.25, 0.3) is 10.9 Å². The third kappa shape index (κ3) is 3.54. The van der Waals surface area contributed by atoms with Gasteiger partial charge < -0.3 is 15.2 Å². The van der Waals surface area contributed by atoms with E-state index in [1.54, 1.807) is 0 Å². The van der Waals surface area contributed by atoms with E-state index in [2.05, 4.69) is 36.1 Å². The van der Waals surface area contributed by atoms with Gasteiger partial charge in [0.2, 0.25) is 0 Å². The molecule has 25 heavy (non-hydrogen) atoms. The molecular weight excluding hydrogens is 380 g/mol. The van der Waals surface area contributed by atoms with Gasteiger partial charge in [-0.25, -0.2) is 4.98 Å². The van der Waals surface area contributed by atoms with E-state index in [4.69, 9.17) is 0 Å². The second-order valence-electron chi connectivity index (χ2n) is 6.32. The number of rotatable bonds is 4. The molecule has 128 valence electrons. The van der Waals surface area contributed by atoms with Gasteiger partial charge in [-0.3, -0.25) is 4.79 Å². The number of aromatic amines is 1. The second-order valence-corrected chi connectivity index (χ2v) is 7.23. The molecule has 2 N–H and O–H groups in total. The molecule has 1 aliphatic rings. The van der Waals surface area contributed by atoms with E-state index in [-0.39, 0.29) is 5.91 Å². The van der Waals surface area contributed by atoms with Crippen molar-refractivity contribution in [3.05, 3.63) is 58.3 Å². The van der Waals surface area contributed by atoms with Gasteiger partial charge >= 0.3 is 0 Å². The first kappa shape index (κ1) is 16.1. The van der Waals surface area contributed by atoms with Gasteiger partial charge in [0.15, 0.2) is 0 Å². The highest BCUT2D eigenvalue weighted by molar-refractivity contribution is 9.10. The highest BCUT2D eigenvalue weighted by Gasteiger charge is 2.13. The van der Waals surface area contributed by atoms with Gasteiger partial charge in [-0.05, 0) is 48.7 Å². The molecule has 1 saturated heterocycles. The van der Waals surface area contributed by atoms with Crippen LogP contribution in [0.15, 0.2) is 47.1 Å². The maximum atomic E-state index is 12.4. The number of fused-ring (bicyclic) bond motifs is 1. The highest BCUT2D eigenvalue weighted by Crippen LogP contribution is 2.21. The standard InChI is InChI=1S/C19H19BrN4O/c20-15-4-5-16-14(9-15)10-17(23-16)19(25)22-12-13-3-6-18(21-11-13)24-7-1-2-8-24/h3-6,9-11,23H,1-2,7-8,12H2,(H,22,25). The van der Waals surface area contributed by atoms with Gasteiger partial charge in [-0.2, -0.15) is 0 Å². The Hall–Kier alpha value is -2.34. The topological polar surface area (TPSA) is 61.0 Å². The Balaban J connectivity index is 1.40. The Morgan fingerprint density at radius 2 is 2.04 bits per heavy atom. The summed E-state index contributed by atoms with van der Waals surface area (Å²) in [6.45, 7) is 2.63. The van der Waals surface area contributed by atoms with E-state index >= 15 is 0 Å². The average molecular weight is 399 g/mol. The van der Waals surface area contributed by atoms with Crippen LogP contribution < -0.4 is 10.2 Å². The van der Waals surface area contributed by atoms with Crippen molar-refractivity contribution in [3.8, 4) is 0 Å². The quantitative estimate of drug-likeness (QED) is 0.701. The highest BCUT2D eigenvalue weighted by atomic mass is 79.9. The van der Waals surface area contributed by atoms with Crippen molar-refractivity contribution >= 4 is 38.6 Å². The molecule has 0 bridgehead atoms. The summed E-state index contributed by atoms with van der Waals surface area (Å²) in [6, 6.07) is 11.8. The summed E-state index contributed by atoms with van der Waals surface area (Å²) >= 11 is 3.45. The third-order valence-corrected chi connectivity index (χ3v) is 5.01. The van der Waals surface area contributed by atoms with Crippen molar-refractivity contribution in [1.82, 2.24) is 15.3 Å². The summed E-state index contributed by atoms with van der Waals surface area (Å²) < 4.78 is 0.995. The Morgan fingerprint density at radius 3 is 2.80 bits per heavy atom. The molecule has 0 atom stereocenters. The molecule has 1 amide bonds. The summed E-state index contributed by atoms with van der Waals surface area (Å²) in [4.78, 5) is 22.3. The number of nitrogens with zero attached hydrogens (tertiary/aromatic N) is 2. The molecule has 5 nitrogen and oxygen atoms in total. The first-order valence-electron chi connectivity index (χ1n) is 8.45. The van der Waals surface area contributed by atoms with Gasteiger partial charge in [-0.15, -0.1) is 0 Å². The molecule has 0 unspecified atom stereocenters. The summed E-state index contributed by atoms with van der Waals surface area (Å²) in [6.07, 6.45) is 4.32. The van der Waals surface area contributed by atoms with Gasteiger partial charge in [0.05, 0.1) is 0 Å². The van der Waals surface area contributed by atoms with E-state index in [9.17, 15) is 4.79 Å². The minimum atomic E-state index is -0.115. The summed E-state index contributed by atoms with van der Waals surface area (Å²) in [5.74, 6) is 0.907. The number of anilines is 1. The lowest BCUT2D eigenvalue weighted by molar-refractivity contribution is 0.0946. The van der Waals surface area contributed by atoms with E-state index in [1.165, 1.54) is 12.8 Å². The fourth-order valence-electron chi connectivity index (χ4n) is 3.16. The number of carbonyl (C=O) groups is 1. The maximum Gasteiger partial charge on any atom is 0.267 e. The Labute approximate surface area is 154 Å². The minimum absolute atomic E-state index is 0.115. The van der Waals surface area contributed by atoms with Crippen LogP contribution in [0.1, 0.15) is 28.9 Å². The molecule has 1 aliphatic heterocycles. The predicted octanol–water partition coefficient (Wildman–Crippen LogP) is 3.86. The van der Waals surface area contributed by atoms with Crippen LogP contribution in [0.2, 0.25) is 0 Å². The van der Waals surface area contributed by atoms with Crippen molar-refractivity contribution in [3.63, 3.8) is 0 Å². The van der Waals surface area contributed by atoms with Crippen LogP contribution in [0.5, 0.6) is 0 Å². The van der Waals surface area contributed by atoms with E-state index in [1.807, 2.05) is 42.6 Å². The molecule has 0 radical (unpaired) electrons. The summed E-state index contributed by atoms with van der Waals surface area (Å²) in [5, 5.41) is 3.95. The molecule has 0 spiro atoms. The van der Waals surface area contributed by atoms with Crippen molar-refractivity contribution in [2.75, 3.05) is 18.0 Å². The Morgan fingerprint density at radius 1 is 1.20 bits per heavy atom. The second kappa shape index (κ2) is 6.88. The van der Waals surface area contributed by atoms with E-state index < -0.39 is 0 Å². The van der Waals surface area contributed by atoms with Crippen molar-refractivity contribution < 1.29 is 4.79 Å². The largest absolute Gasteiger partial charge is 0.357 e. The molecule has 3 heterocycles. The molecule has 0 aliphatic carbocycles. The third-order valence-electron chi connectivity index (χ3n) is 4.52. The number of hydrogen-bond acceptors (Lipinski definition) is 3. The van der Waals surface area contributed by atoms with Crippen LogP contribution >= 0.6 is 15.9 Å². The Bertz CT molecular complexity index is 897. The van der Waals surface area contributed by atoms with Crippen LogP contribution in [0.3, 0.4) is 0 Å². The molecule has 2 aromatic heterocycles. The maximum absolute atomic E-state index is 12.4. The zero-order valence-electron chi connectivity index (χ0n) is 13.8. The number of aromatic nitrogens is 2. The first-order valence-corrected chi connectivity index (χ1v) is 9.25. The molecule has 1 aromatic carbocycles. The molecule has 0 saturated carbocycles. The molecule has 6 heteroatoms. The monoisotopic (exact) mass is 398 g/mol. The van der Waals surface area contributed by atoms with Crippen molar-refractivity contribution in [2.24, 2.45) is 0 Å². The lowest BCUT2D eigenvalue weighted by Gasteiger charge is -2.16. The number of pyridine rings is 1. The minimum Gasteiger partial charge on any atom is -0.357 e. The first-order chi connectivity index (χ1) is 12.2. The number of nitrogens with one attached hydrogen (secondary N) is 2. The number of hydrogen-bond donors (Lipinski definition) is 2. The van der Waals surface area contributed by atoms with Crippen molar-refractivity contribution in [2.45, 2.75) is 19.4 Å². The molecule has 1 fully saturated rings. The number of amides is 1. The van der Waals surface area contributed by atoms with Gasteiger partial charge in [0, 0.05) is 41.2 Å². The average Bonchev–Trinajstić information content (AvgIpc) is 3.29. The molecule has 4 rings (SSSR count). The number of benzene rings is 1. The summed E-state index contributed by atoms with van der Waals surface area (Å²) in [5.41, 5.74) is 2.51. The number of halogens is 1. The van der Waals surface area contributed by atoms with Crippen molar-refractivity contribution in [1.29, 1.82) is 0 Å². The fourth-order valence-corrected chi connectivity index (χ4v) is 3.54. The van der Waals surface area contributed by atoms with E-state index in [0.717, 1.165) is 39.8 Å². The van der Waals surface area contributed by atoms with Crippen LogP contribution in [0.4, 0.5) is 5.82 Å². The van der Waals surface area contributed by atoms with E-state index in [0.29, 0.717) is 12.2 Å². The molecule has 3 aromatic rings.